The van der Waals surface area contributed by atoms with Gasteiger partial charge in [0.1, 0.15) is 5.75 Å². The maximum atomic E-state index is 12.3. The van der Waals surface area contributed by atoms with E-state index in [2.05, 4.69) is 5.32 Å². The molecule has 110 valence electrons. The second-order valence-electron chi connectivity index (χ2n) is 5.41. The van der Waals surface area contributed by atoms with E-state index in [9.17, 15) is 4.79 Å². The summed E-state index contributed by atoms with van der Waals surface area (Å²) in [5.41, 5.74) is 3.62. The van der Waals surface area contributed by atoms with Crippen LogP contribution >= 0.6 is 0 Å². The van der Waals surface area contributed by atoms with E-state index < -0.39 is 0 Å². The van der Waals surface area contributed by atoms with Gasteiger partial charge >= 0.3 is 0 Å². The number of hydrogen-bond acceptors (Lipinski definition) is 2. The van der Waals surface area contributed by atoms with Crippen LogP contribution in [0, 0.1) is 13.8 Å². The Morgan fingerprint density at radius 1 is 1.00 bits per heavy atom. The van der Waals surface area contributed by atoms with Crippen molar-refractivity contribution in [2.24, 2.45) is 0 Å². The first-order valence-corrected chi connectivity index (χ1v) is 7.11. The summed E-state index contributed by atoms with van der Waals surface area (Å²) in [4.78, 5) is 12.3. The molecule has 0 heterocycles. The van der Waals surface area contributed by atoms with Crippen molar-refractivity contribution in [2.45, 2.75) is 33.8 Å². The molecule has 0 saturated carbocycles. The molecule has 0 aliphatic rings. The molecule has 0 aliphatic heterocycles. The van der Waals surface area contributed by atoms with Gasteiger partial charge in [-0.25, -0.2) is 0 Å². The average Bonchev–Trinajstić information content (AvgIpc) is 2.43. The van der Waals surface area contributed by atoms with Gasteiger partial charge in [0.25, 0.3) is 5.91 Å². The number of amides is 1. The largest absolute Gasteiger partial charge is 0.491 e. The van der Waals surface area contributed by atoms with Gasteiger partial charge in [0, 0.05) is 11.3 Å². The Morgan fingerprint density at radius 2 is 1.57 bits per heavy atom. The maximum Gasteiger partial charge on any atom is 0.255 e. The lowest BCUT2D eigenvalue weighted by Crippen LogP contribution is -2.14. The van der Waals surface area contributed by atoms with E-state index in [1.165, 1.54) is 0 Å². The number of hydrogen-bond donors (Lipinski definition) is 1. The van der Waals surface area contributed by atoms with E-state index in [0.29, 0.717) is 5.56 Å². The van der Waals surface area contributed by atoms with E-state index in [1.54, 1.807) is 12.1 Å². The summed E-state index contributed by atoms with van der Waals surface area (Å²) < 4.78 is 5.57. The van der Waals surface area contributed by atoms with Crippen molar-refractivity contribution in [3.8, 4) is 5.75 Å². The molecule has 2 aromatic rings. The van der Waals surface area contributed by atoms with Crippen molar-refractivity contribution in [3.63, 3.8) is 0 Å². The molecule has 0 atom stereocenters. The number of nitrogens with one attached hydrogen (secondary N) is 1. The van der Waals surface area contributed by atoms with Crippen LogP contribution in [0.4, 0.5) is 5.69 Å². The molecule has 0 radical (unpaired) electrons. The highest BCUT2D eigenvalue weighted by atomic mass is 16.5. The van der Waals surface area contributed by atoms with Crippen molar-refractivity contribution in [1.82, 2.24) is 0 Å². The summed E-state index contributed by atoms with van der Waals surface area (Å²) in [5, 5.41) is 2.98. The van der Waals surface area contributed by atoms with Crippen molar-refractivity contribution in [3.05, 3.63) is 59.2 Å². The lowest BCUT2D eigenvalue weighted by Gasteiger charge is -2.12. The predicted molar refractivity (Wildman–Crippen MR) is 86.1 cm³/mol. The fraction of sp³-hybridized carbons (Fsp3) is 0.278. The Morgan fingerprint density at radius 3 is 2.10 bits per heavy atom. The topological polar surface area (TPSA) is 38.3 Å². The smallest absolute Gasteiger partial charge is 0.255 e. The van der Waals surface area contributed by atoms with Crippen LogP contribution in [0.1, 0.15) is 35.3 Å². The number of anilines is 1. The van der Waals surface area contributed by atoms with E-state index >= 15 is 0 Å². The fourth-order valence-corrected chi connectivity index (χ4v) is 2.15. The van der Waals surface area contributed by atoms with Crippen LogP contribution in [0.2, 0.25) is 0 Å². The molecule has 1 N–H and O–H groups in total. The van der Waals surface area contributed by atoms with E-state index in [-0.39, 0.29) is 12.0 Å². The Bertz CT molecular complexity index is 610. The van der Waals surface area contributed by atoms with Crippen LogP contribution in [0.5, 0.6) is 5.75 Å². The molecule has 0 aliphatic carbocycles. The van der Waals surface area contributed by atoms with Gasteiger partial charge in [0.15, 0.2) is 0 Å². The van der Waals surface area contributed by atoms with Gasteiger partial charge in [0.2, 0.25) is 0 Å². The Kier molecular flexibility index (Phi) is 4.63. The molecule has 2 rings (SSSR count). The Labute approximate surface area is 126 Å². The maximum absolute atomic E-state index is 12.3. The zero-order valence-electron chi connectivity index (χ0n) is 12.9. The summed E-state index contributed by atoms with van der Waals surface area (Å²) >= 11 is 0. The van der Waals surface area contributed by atoms with Crippen LogP contribution in [-0.2, 0) is 0 Å². The first-order chi connectivity index (χ1) is 9.97. The summed E-state index contributed by atoms with van der Waals surface area (Å²) in [6.45, 7) is 7.92. The highest BCUT2D eigenvalue weighted by Gasteiger charge is 2.09. The van der Waals surface area contributed by atoms with Crippen LogP contribution in [-0.4, -0.2) is 12.0 Å². The molecule has 1 amide bonds. The van der Waals surface area contributed by atoms with Crippen molar-refractivity contribution >= 4 is 11.6 Å². The lowest BCUT2D eigenvalue weighted by atomic mass is 10.1. The molecule has 0 saturated heterocycles. The van der Waals surface area contributed by atoms with Gasteiger partial charge < -0.3 is 10.1 Å². The third-order valence-corrected chi connectivity index (χ3v) is 3.21. The Hall–Kier alpha value is -2.29. The second-order valence-corrected chi connectivity index (χ2v) is 5.41. The summed E-state index contributed by atoms with van der Waals surface area (Å²) in [7, 11) is 0. The van der Waals surface area contributed by atoms with Gasteiger partial charge in [-0.05, 0) is 63.1 Å². The molecule has 0 aromatic heterocycles. The predicted octanol–water partition coefficient (Wildman–Crippen LogP) is 4.34. The van der Waals surface area contributed by atoms with Crippen molar-refractivity contribution < 1.29 is 9.53 Å². The van der Waals surface area contributed by atoms with Crippen molar-refractivity contribution in [1.29, 1.82) is 0 Å². The number of rotatable bonds is 4. The zero-order valence-corrected chi connectivity index (χ0v) is 12.9. The van der Waals surface area contributed by atoms with Crippen LogP contribution in [0.15, 0.2) is 42.5 Å². The SMILES string of the molecule is Cc1cccc(C)c1NC(=O)c1ccc(OC(C)C)cc1. The molecule has 3 nitrogen and oxygen atoms in total. The quantitative estimate of drug-likeness (QED) is 0.906. The summed E-state index contributed by atoms with van der Waals surface area (Å²) in [6, 6.07) is 13.2. The molecule has 3 heteroatoms. The highest BCUT2D eigenvalue weighted by molar-refractivity contribution is 6.05. The van der Waals surface area contributed by atoms with Crippen molar-refractivity contribution in [2.75, 3.05) is 5.32 Å². The average molecular weight is 283 g/mol. The molecule has 0 fully saturated rings. The fourth-order valence-electron chi connectivity index (χ4n) is 2.15. The van der Waals surface area contributed by atoms with Gasteiger partial charge in [-0.1, -0.05) is 18.2 Å². The first-order valence-electron chi connectivity index (χ1n) is 7.11. The molecule has 0 bridgehead atoms. The normalized spacial score (nSPS) is 10.5. The Balaban J connectivity index is 2.13. The third kappa shape index (κ3) is 3.85. The van der Waals surface area contributed by atoms with Crippen LogP contribution < -0.4 is 10.1 Å². The summed E-state index contributed by atoms with van der Waals surface area (Å²) in [5.74, 6) is 0.664. The van der Waals surface area contributed by atoms with Gasteiger partial charge in [-0.3, -0.25) is 4.79 Å². The van der Waals surface area contributed by atoms with Gasteiger partial charge in [-0.2, -0.15) is 0 Å². The monoisotopic (exact) mass is 283 g/mol. The minimum Gasteiger partial charge on any atom is -0.491 e. The second kappa shape index (κ2) is 6.44. The lowest BCUT2D eigenvalue weighted by molar-refractivity contribution is 0.102. The highest BCUT2D eigenvalue weighted by Crippen LogP contribution is 2.21. The third-order valence-electron chi connectivity index (χ3n) is 3.21. The van der Waals surface area contributed by atoms with Gasteiger partial charge in [-0.15, -0.1) is 0 Å². The number of benzene rings is 2. The molecule has 0 unspecified atom stereocenters. The number of carbonyl (C=O) groups is 1. The first kappa shape index (κ1) is 15.1. The minimum absolute atomic E-state index is 0.108. The number of para-hydroxylation sites is 1. The van der Waals surface area contributed by atoms with E-state index in [0.717, 1.165) is 22.6 Å². The minimum atomic E-state index is -0.108. The molecular weight excluding hydrogens is 262 g/mol. The molecule has 0 spiro atoms. The zero-order chi connectivity index (χ0) is 15.4. The summed E-state index contributed by atoms with van der Waals surface area (Å²) in [6.07, 6.45) is 0.124. The molecular formula is C18H21NO2. The molecule has 2 aromatic carbocycles. The van der Waals surface area contributed by atoms with Crippen LogP contribution in [0.25, 0.3) is 0 Å². The number of ether oxygens (including phenoxy) is 1. The number of carbonyl (C=O) groups excluding carboxylic acids is 1. The van der Waals surface area contributed by atoms with Crippen LogP contribution in [0.3, 0.4) is 0 Å². The van der Waals surface area contributed by atoms with E-state index in [4.69, 9.17) is 4.74 Å². The standard InChI is InChI=1S/C18H21NO2/c1-12(2)21-16-10-8-15(9-11-16)18(20)19-17-13(3)6-5-7-14(17)4/h5-12H,1-4H3,(H,19,20). The van der Waals surface area contributed by atoms with E-state index in [1.807, 2.05) is 58.0 Å². The van der Waals surface area contributed by atoms with Gasteiger partial charge in [0.05, 0.1) is 6.10 Å². The number of aryl methyl sites for hydroxylation is 2. The molecule has 21 heavy (non-hydrogen) atoms.